The number of carbonyl (C=O) groups is 1. The molecule has 6 nitrogen and oxygen atoms in total. The number of piperazine rings is 1. The van der Waals surface area contributed by atoms with Crippen molar-refractivity contribution in [3.05, 3.63) is 83.4 Å². The second-order valence-corrected chi connectivity index (χ2v) is 9.12. The first kappa shape index (κ1) is 24.8. The fraction of sp³-hybridized carbons (Fsp3) is 0.357. The zero-order chi connectivity index (χ0) is 24.6. The number of nitrogens with one attached hydrogen (secondary N) is 1. The van der Waals surface area contributed by atoms with Gasteiger partial charge in [0.25, 0.3) is 0 Å². The van der Waals surface area contributed by atoms with Crippen molar-refractivity contribution in [3.8, 4) is 16.9 Å². The molecule has 0 bridgehead atoms. The van der Waals surface area contributed by atoms with Crippen molar-refractivity contribution in [3.63, 3.8) is 0 Å². The van der Waals surface area contributed by atoms with Crippen molar-refractivity contribution >= 4 is 5.91 Å². The Morgan fingerprint density at radius 3 is 2.63 bits per heavy atom. The van der Waals surface area contributed by atoms with Crippen LogP contribution in [-0.2, 0) is 17.8 Å². The van der Waals surface area contributed by atoms with Crippen LogP contribution in [0.15, 0.2) is 60.8 Å². The third-order valence-corrected chi connectivity index (χ3v) is 6.26. The summed E-state index contributed by atoms with van der Waals surface area (Å²) in [6.07, 6.45) is 1.78. The third kappa shape index (κ3) is 7.34. The molecule has 1 N–H and O–H groups in total. The number of halogens is 1. The van der Waals surface area contributed by atoms with Crippen molar-refractivity contribution in [2.75, 3.05) is 46.4 Å². The molecule has 184 valence electrons. The number of ether oxygens (including phenoxy) is 1. The number of pyridine rings is 1. The van der Waals surface area contributed by atoms with Gasteiger partial charge in [-0.3, -0.25) is 14.7 Å². The summed E-state index contributed by atoms with van der Waals surface area (Å²) < 4.78 is 20.5. The van der Waals surface area contributed by atoms with E-state index in [0.717, 1.165) is 43.9 Å². The predicted octanol–water partition coefficient (Wildman–Crippen LogP) is 3.68. The third-order valence-electron chi connectivity index (χ3n) is 6.26. The van der Waals surface area contributed by atoms with Crippen LogP contribution in [-0.4, -0.2) is 67.1 Å². The molecule has 0 saturated carbocycles. The van der Waals surface area contributed by atoms with E-state index >= 15 is 0 Å². The van der Waals surface area contributed by atoms with E-state index in [4.69, 9.17) is 4.74 Å². The number of likely N-dealkylation sites (N-methyl/N-ethyl adjacent to an activating group) is 1. The molecule has 1 aliphatic rings. The highest BCUT2D eigenvalue weighted by atomic mass is 19.1. The average Bonchev–Trinajstić information content (AvgIpc) is 2.85. The lowest BCUT2D eigenvalue weighted by Gasteiger charge is -2.32. The molecule has 35 heavy (non-hydrogen) atoms. The SMILES string of the molecule is Cc1cccc(CNC(=O)Cc2ccc(-c3ccc(OCCN4CCN(C)CC4)cc3F)cn2)c1. The van der Waals surface area contributed by atoms with E-state index in [1.54, 1.807) is 30.5 Å². The Labute approximate surface area is 206 Å². The Morgan fingerprint density at radius 1 is 1.09 bits per heavy atom. The van der Waals surface area contributed by atoms with Gasteiger partial charge in [-0.15, -0.1) is 0 Å². The van der Waals surface area contributed by atoms with Crippen LogP contribution in [0.3, 0.4) is 0 Å². The normalized spacial score (nSPS) is 14.6. The summed E-state index contributed by atoms with van der Waals surface area (Å²) in [4.78, 5) is 21.3. The van der Waals surface area contributed by atoms with Crippen molar-refractivity contribution in [1.82, 2.24) is 20.1 Å². The van der Waals surface area contributed by atoms with E-state index in [9.17, 15) is 9.18 Å². The van der Waals surface area contributed by atoms with Crippen molar-refractivity contribution < 1.29 is 13.9 Å². The summed E-state index contributed by atoms with van der Waals surface area (Å²) >= 11 is 0. The molecule has 3 aromatic rings. The number of nitrogens with zero attached hydrogens (tertiary/aromatic N) is 3. The number of aromatic nitrogens is 1. The summed E-state index contributed by atoms with van der Waals surface area (Å²) in [6, 6.07) is 16.5. The molecule has 4 rings (SSSR count). The molecule has 2 aromatic carbocycles. The molecule has 0 aliphatic carbocycles. The van der Waals surface area contributed by atoms with Gasteiger partial charge < -0.3 is 15.0 Å². The van der Waals surface area contributed by atoms with E-state index in [1.807, 2.05) is 31.2 Å². The van der Waals surface area contributed by atoms with E-state index in [0.29, 0.717) is 35.7 Å². The standard InChI is InChI=1S/C28H33FN4O2/c1-21-4-3-5-22(16-21)19-31-28(34)17-24-7-6-23(20-30-24)26-9-8-25(18-27(26)29)35-15-14-33-12-10-32(2)11-13-33/h3-9,16,18,20H,10-15,17,19H2,1-2H3,(H,31,34). The molecule has 0 unspecified atom stereocenters. The summed E-state index contributed by atoms with van der Waals surface area (Å²) in [5.41, 5.74) is 3.98. The molecule has 0 radical (unpaired) electrons. The summed E-state index contributed by atoms with van der Waals surface area (Å²) in [5.74, 6) is 0.0683. The lowest BCUT2D eigenvalue weighted by molar-refractivity contribution is -0.120. The molecule has 1 fully saturated rings. The quantitative estimate of drug-likeness (QED) is 0.511. The zero-order valence-corrected chi connectivity index (χ0v) is 20.5. The molecular weight excluding hydrogens is 443 g/mol. The molecule has 0 atom stereocenters. The maximum absolute atomic E-state index is 14.8. The van der Waals surface area contributed by atoms with Crippen LogP contribution in [0.2, 0.25) is 0 Å². The Morgan fingerprint density at radius 2 is 1.91 bits per heavy atom. The number of hydrogen-bond acceptors (Lipinski definition) is 5. The summed E-state index contributed by atoms with van der Waals surface area (Å²) in [7, 11) is 2.13. The molecule has 1 amide bonds. The highest BCUT2D eigenvalue weighted by Crippen LogP contribution is 2.26. The van der Waals surface area contributed by atoms with Gasteiger partial charge in [0, 0.05) is 68.4 Å². The second kappa shape index (κ2) is 11.9. The van der Waals surface area contributed by atoms with Crippen LogP contribution < -0.4 is 10.1 Å². The number of aryl methyl sites for hydroxylation is 1. The minimum absolute atomic E-state index is 0.101. The maximum Gasteiger partial charge on any atom is 0.226 e. The number of hydrogen-bond donors (Lipinski definition) is 1. The van der Waals surface area contributed by atoms with E-state index in [-0.39, 0.29) is 18.1 Å². The highest BCUT2D eigenvalue weighted by Gasteiger charge is 2.14. The molecular formula is C28H33FN4O2. The fourth-order valence-electron chi connectivity index (χ4n) is 4.12. The van der Waals surface area contributed by atoms with Gasteiger partial charge in [-0.1, -0.05) is 35.9 Å². The van der Waals surface area contributed by atoms with Crippen LogP contribution in [0.5, 0.6) is 5.75 Å². The monoisotopic (exact) mass is 476 g/mol. The number of carbonyl (C=O) groups excluding carboxylic acids is 1. The average molecular weight is 477 g/mol. The molecule has 0 spiro atoms. The van der Waals surface area contributed by atoms with Gasteiger partial charge in [-0.2, -0.15) is 0 Å². The number of rotatable bonds is 9. The van der Waals surface area contributed by atoms with E-state index < -0.39 is 0 Å². The van der Waals surface area contributed by atoms with Crippen LogP contribution >= 0.6 is 0 Å². The van der Waals surface area contributed by atoms with Gasteiger partial charge in [-0.25, -0.2) is 4.39 Å². The lowest BCUT2D eigenvalue weighted by atomic mass is 10.1. The van der Waals surface area contributed by atoms with Gasteiger partial charge in [0.05, 0.1) is 6.42 Å². The highest BCUT2D eigenvalue weighted by molar-refractivity contribution is 5.78. The Hall–Kier alpha value is -3.29. The first-order chi connectivity index (χ1) is 17.0. The topological polar surface area (TPSA) is 57.7 Å². The van der Waals surface area contributed by atoms with Gasteiger partial charge in [0.15, 0.2) is 0 Å². The zero-order valence-electron chi connectivity index (χ0n) is 20.5. The van der Waals surface area contributed by atoms with Crippen LogP contribution in [0.25, 0.3) is 11.1 Å². The summed E-state index contributed by atoms with van der Waals surface area (Å²) in [6.45, 7) is 8.06. The van der Waals surface area contributed by atoms with Crippen LogP contribution in [0.1, 0.15) is 16.8 Å². The van der Waals surface area contributed by atoms with Crippen molar-refractivity contribution in [1.29, 1.82) is 0 Å². The van der Waals surface area contributed by atoms with Crippen molar-refractivity contribution in [2.45, 2.75) is 19.9 Å². The summed E-state index contributed by atoms with van der Waals surface area (Å²) in [5, 5.41) is 2.92. The molecule has 1 aromatic heterocycles. The van der Waals surface area contributed by atoms with Gasteiger partial charge in [0.1, 0.15) is 18.2 Å². The first-order valence-corrected chi connectivity index (χ1v) is 12.1. The largest absolute Gasteiger partial charge is 0.492 e. The van der Waals surface area contributed by atoms with Crippen molar-refractivity contribution in [2.24, 2.45) is 0 Å². The number of amides is 1. The van der Waals surface area contributed by atoms with Gasteiger partial charge in [0.2, 0.25) is 5.91 Å². The smallest absolute Gasteiger partial charge is 0.226 e. The molecule has 1 aliphatic heterocycles. The fourth-order valence-corrected chi connectivity index (χ4v) is 4.12. The van der Waals surface area contributed by atoms with E-state index in [2.05, 4.69) is 27.1 Å². The van der Waals surface area contributed by atoms with Crippen LogP contribution in [0, 0.1) is 12.7 Å². The molecule has 1 saturated heterocycles. The Balaban J connectivity index is 1.26. The predicted molar refractivity (Wildman–Crippen MR) is 136 cm³/mol. The number of benzene rings is 2. The molecule has 7 heteroatoms. The first-order valence-electron chi connectivity index (χ1n) is 12.1. The lowest BCUT2D eigenvalue weighted by Crippen LogP contribution is -2.45. The Bertz CT molecular complexity index is 1130. The second-order valence-electron chi connectivity index (χ2n) is 9.12. The minimum atomic E-state index is -0.354. The van der Waals surface area contributed by atoms with Gasteiger partial charge >= 0.3 is 0 Å². The van der Waals surface area contributed by atoms with Gasteiger partial charge in [-0.05, 0) is 37.7 Å². The molecule has 2 heterocycles. The minimum Gasteiger partial charge on any atom is -0.492 e. The Kier molecular flexibility index (Phi) is 8.45. The maximum atomic E-state index is 14.8. The van der Waals surface area contributed by atoms with Crippen LogP contribution in [0.4, 0.5) is 4.39 Å². The van der Waals surface area contributed by atoms with E-state index in [1.165, 1.54) is 6.07 Å².